The van der Waals surface area contributed by atoms with E-state index < -0.39 is 17.6 Å². The molecule has 0 saturated heterocycles. The number of amides is 1. The Morgan fingerprint density at radius 3 is 2.33 bits per heavy atom. The number of hydrogen-bond acceptors (Lipinski definition) is 3. The van der Waals surface area contributed by atoms with Crippen LogP contribution in [0.25, 0.3) is 0 Å². The molecule has 0 bridgehead atoms. The van der Waals surface area contributed by atoms with Crippen molar-refractivity contribution in [3.63, 3.8) is 0 Å². The molecule has 4 nitrogen and oxygen atoms in total. The van der Waals surface area contributed by atoms with Crippen molar-refractivity contribution in [1.29, 1.82) is 0 Å². The number of anilines is 3. The van der Waals surface area contributed by atoms with Crippen LogP contribution in [0.5, 0.6) is 0 Å². The Hall–Kier alpha value is -3.35. The number of carbonyl (C=O) groups is 1. The molecule has 7 heteroatoms. The first-order chi connectivity index (χ1) is 12.8. The largest absolute Gasteiger partial charge is 0.416 e. The molecule has 138 valence electrons. The minimum atomic E-state index is -4.42. The average molecular weight is 371 g/mol. The summed E-state index contributed by atoms with van der Waals surface area (Å²) in [7, 11) is 0. The van der Waals surface area contributed by atoms with E-state index in [1.807, 2.05) is 31.2 Å². The third-order valence-electron chi connectivity index (χ3n) is 3.89. The summed E-state index contributed by atoms with van der Waals surface area (Å²) in [5, 5.41) is 5.75. The van der Waals surface area contributed by atoms with Gasteiger partial charge in [0, 0.05) is 23.3 Å². The first-order valence-electron chi connectivity index (χ1n) is 8.10. The zero-order valence-corrected chi connectivity index (χ0v) is 14.3. The fourth-order valence-electron chi connectivity index (χ4n) is 2.44. The van der Waals surface area contributed by atoms with E-state index in [9.17, 15) is 18.0 Å². The summed E-state index contributed by atoms with van der Waals surface area (Å²) < 4.78 is 37.8. The molecule has 0 aliphatic rings. The minimum absolute atomic E-state index is 0.147. The molecule has 1 aromatic heterocycles. The van der Waals surface area contributed by atoms with E-state index in [0.29, 0.717) is 5.69 Å². The SMILES string of the molecule is Cc1ccccc1Nc1ccnc(C(=O)Nc2ccc(C(F)(F)F)cc2)c1. The van der Waals surface area contributed by atoms with Crippen LogP contribution in [-0.2, 0) is 6.18 Å². The normalized spacial score (nSPS) is 11.1. The smallest absolute Gasteiger partial charge is 0.355 e. The topological polar surface area (TPSA) is 54.0 Å². The number of carbonyl (C=O) groups excluding carboxylic acids is 1. The van der Waals surface area contributed by atoms with E-state index in [2.05, 4.69) is 15.6 Å². The van der Waals surface area contributed by atoms with Gasteiger partial charge in [-0.3, -0.25) is 9.78 Å². The second-order valence-corrected chi connectivity index (χ2v) is 5.90. The van der Waals surface area contributed by atoms with Gasteiger partial charge in [-0.05, 0) is 55.0 Å². The van der Waals surface area contributed by atoms with Gasteiger partial charge < -0.3 is 10.6 Å². The van der Waals surface area contributed by atoms with Crippen molar-refractivity contribution >= 4 is 23.0 Å². The third-order valence-corrected chi connectivity index (χ3v) is 3.89. The van der Waals surface area contributed by atoms with Gasteiger partial charge in [0.2, 0.25) is 0 Å². The van der Waals surface area contributed by atoms with Gasteiger partial charge in [0.15, 0.2) is 0 Å². The summed E-state index contributed by atoms with van der Waals surface area (Å²) in [6, 6.07) is 15.2. The van der Waals surface area contributed by atoms with Gasteiger partial charge in [-0.2, -0.15) is 13.2 Å². The van der Waals surface area contributed by atoms with Crippen molar-refractivity contribution in [3.8, 4) is 0 Å². The molecule has 0 aliphatic heterocycles. The van der Waals surface area contributed by atoms with Gasteiger partial charge in [0.1, 0.15) is 5.69 Å². The molecular formula is C20H16F3N3O. The standard InChI is InChI=1S/C20H16F3N3O/c1-13-4-2-3-5-17(13)25-16-10-11-24-18(12-16)19(27)26-15-8-6-14(7-9-15)20(21,22)23/h2-12H,1H3,(H,24,25)(H,26,27). The maximum atomic E-state index is 12.6. The zero-order chi connectivity index (χ0) is 19.4. The molecule has 27 heavy (non-hydrogen) atoms. The second kappa shape index (κ2) is 7.49. The van der Waals surface area contributed by atoms with Crippen LogP contribution in [0.4, 0.5) is 30.2 Å². The molecule has 0 unspecified atom stereocenters. The Bertz CT molecular complexity index is 953. The van der Waals surface area contributed by atoms with Crippen molar-refractivity contribution in [3.05, 3.63) is 83.7 Å². The lowest BCUT2D eigenvalue weighted by atomic mass is 10.2. The summed E-state index contributed by atoms with van der Waals surface area (Å²) >= 11 is 0. The fourth-order valence-corrected chi connectivity index (χ4v) is 2.44. The van der Waals surface area contributed by atoms with E-state index in [0.717, 1.165) is 23.4 Å². The predicted octanol–water partition coefficient (Wildman–Crippen LogP) is 5.40. The Balaban J connectivity index is 1.73. The lowest BCUT2D eigenvalue weighted by Gasteiger charge is -2.11. The molecule has 0 atom stereocenters. The van der Waals surface area contributed by atoms with E-state index >= 15 is 0 Å². The predicted molar refractivity (Wildman–Crippen MR) is 98.1 cm³/mol. The van der Waals surface area contributed by atoms with Crippen LogP contribution in [0.1, 0.15) is 21.6 Å². The van der Waals surface area contributed by atoms with Gasteiger partial charge >= 0.3 is 6.18 Å². The number of halogens is 3. The molecule has 3 aromatic rings. The fraction of sp³-hybridized carbons (Fsp3) is 0.100. The molecule has 0 spiro atoms. The number of pyridine rings is 1. The van der Waals surface area contributed by atoms with Gasteiger partial charge in [-0.15, -0.1) is 0 Å². The van der Waals surface area contributed by atoms with Crippen molar-refractivity contribution in [2.75, 3.05) is 10.6 Å². The highest BCUT2D eigenvalue weighted by atomic mass is 19.4. The monoisotopic (exact) mass is 371 g/mol. The lowest BCUT2D eigenvalue weighted by Crippen LogP contribution is -2.14. The number of aromatic nitrogens is 1. The van der Waals surface area contributed by atoms with Gasteiger partial charge in [-0.25, -0.2) is 0 Å². The van der Waals surface area contributed by atoms with Crippen molar-refractivity contribution < 1.29 is 18.0 Å². The number of nitrogens with zero attached hydrogens (tertiary/aromatic N) is 1. The number of aryl methyl sites for hydroxylation is 1. The maximum Gasteiger partial charge on any atom is 0.416 e. The molecule has 1 amide bonds. The quantitative estimate of drug-likeness (QED) is 0.645. The lowest BCUT2D eigenvalue weighted by molar-refractivity contribution is -0.137. The summed E-state index contributed by atoms with van der Waals surface area (Å²) in [5.74, 6) is -0.511. The van der Waals surface area contributed by atoms with Crippen LogP contribution < -0.4 is 10.6 Å². The molecule has 3 rings (SSSR count). The van der Waals surface area contributed by atoms with Crippen LogP contribution in [-0.4, -0.2) is 10.9 Å². The second-order valence-electron chi connectivity index (χ2n) is 5.90. The summed E-state index contributed by atoms with van der Waals surface area (Å²) in [6.45, 7) is 1.96. The molecule has 0 aliphatic carbocycles. The Kier molecular flexibility index (Phi) is 5.12. The Morgan fingerprint density at radius 2 is 1.67 bits per heavy atom. The number of rotatable bonds is 4. The molecule has 0 radical (unpaired) electrons. The van der Waals surface area contributed by atoms with Crippen LogP contribution >= 0.6 is 0 Å². The first kappa shape index (κ1) is 18.4. The molecule has 0 saturated carbocycles. The number of nitrogens with one attached hydrogen (secondary N) is 2. The zero-order valence-electron chi connectivity index (χ0n) is 14.3. The summed E-state index contributed by atoms with van der Waals surface area (Å²) in [4.78, 5) is 16.4. The van der Waals surface area contributed by atoms with Crippen LogP contribution in [0.15, 0.2) is 66.9 Å². The summed E-state index contributed by atoms with van der Waals surface area (Å²) in [6.07, 6.45) is -2.93. The minimum Gasteiger partial charge on any atom is -0.355 e. The van der Waals surface area contributed by atoms with E-state index in [-0.39, 0.29) is 11.4 Å². The van der Waals surface area contributed by atoms with E-state index in [1.54, 1.807) is 12.1 Å². The van der Waals surface area contributed by atoms with Crippen LogP contribution in [0.2, 0.25) is 0 Å². The molecule has 0 fully saturated rings. The maximum absolute atomic E-state index is 12.6. The number of para-hydroxylation sites is 1. The molecule has 2 N–H and O–H groups in total. The van der Waals surface area contributed by atoms with Crippen molar-refractivity contribution in [2.24, 2.45) is 0 Å². The number of hydrogen-bond donors (Lipinski definition) is 2. The molecule has 1 heterocycles. The van der Waals surface area contributed by atoms with E-state index in [1.165, 1.54) is 18.3 Å². The third kappa shape index (κ3) is 4.63. The average Bonchev–Trinajstić information content (AvgIpc) is 2.63. The van der Waals surface area contributed by atoms with Crippen LogP contribution in [0, 0.1) is 6.92 Å². The van der Waals surface area contributed by atoms with Crippen molar-refractivity contribution in [2.45, 2.75) is 13.1 Å². The number of alkyl halides is 3. The molecular weight excluding hydrogens is 355 g/mol. The van der Waals surface area contributed by atoms with Gasteiger partial charge in [0.25, 0.3) is 5.91 Å². The van der Waals surface area contributed by atoms with Gasteiger partial charge in [-0.1, -0.05) is 18.2 Å². The van der Waals surface area contributed by atoms with Crippen LogP contribution in [0.3, 0.4) is 0 Å². The van der Waals surface area contributed by atoms with Crippen molar-refractivity contribution in [1.82, 2.24) is 4.98 Å². The van der Waals surface area contributed by atoms with Gasteiger partial charge in [0.05, 0.1) is 5.56 Å². The highest BCUT2D eigenvalue weighted by Crippen LogP contribution is 2.30. The Morgan fingerprint density at radius 1 is 0.963 bits per heavy atom. The molecule has 2 aromatic carbocycles. The summed E-state index contributed by atoms with van der Waals surface area (Å²) in [5.41, 5.74) is 2.25. The number of benzene rings is 2. The highest BCUT2D eigenvalue weighted by Gasteiger charge is 2.30. The highest BCUT2D eigenvalue weighted by molar-refractivity contribution is 6.03. The Labute approximate surface area is 154 Å². The van der Waals surface area contributed by atoms with E-state index in [4.69, 9.17) is 0 Å². The first-order valence-corrected chi connectivity index (χ1v) is 8.10.